The van der Waals surface area contributed by atoms with Crippen molar-refractivity contribution in [2.45, 2.75) is 44.9 Å². The maximum absolute atomic E-state index is 13.6. The van der Waals surface area contributed by atoms with E-state index in [4.69, 9.17) is 14.2 Å². The van der Waals surface area contributed by atoms with Gasteiger partial charge in [-0.3, -0.25) is 4.79 Å². The van der Waals surface area contributed by atoms with Crippen molar-refractivity contribution >= 4 is 23.1 Å². The van der Waals surface area contributed by atoms with Gasteiger partial charge in [-0.25, -0.2) is 4.79 Å². The molecule has 174 valence electrons. The minimum atomic E-state index is -0.526. The van der Waals surface area contributed by atoms with E-state index >= 15 is 0 Å². The Morgan fingerprint density at radius 1 is 1.15 bits per heavy atom. The molecule has 0 saturated carbocycles. The fraction of sp³-hybridized carbons (Fsp3) is 0.385. The van der Waals surface area contributed by atoms with Crippen LogP contribution in [0.25, 0.3) is 0 Å². The normalized spacial score (nSPS) is 20.3. The summed E-state index contributed by atoms with van der Waals surface area (Å²) >= 11 is 1.67. The Kier molecular flexibility index (Phi) is 6.88. The summed E-state index contributed by atoms with van der Waals surface area (Å²) < 4.78 is 16.4. The number of esters is 1. The molecule has 0 saturated heterocycles. The molecule has 1 aromatic carbocycles. The Balaban J connectivity index is 1.82. The van der Waals surface area contributed by atoms with Gasteiger partial charge >= 0.3 is 5.97 Å². The molecule has 0 unspecified atom stereocenters. The van der Waals surface area contributed by atoms with Gasteiger partial charge in [-0.05, 0) is 48.9 Å². The highest BCUT2D eigenvalue weighted by Gasteiger charge is 2.41. The number of Topliss-reactive ketones (excluding diaryl/α,β-unsaturated/α-hetero) is 1. The molecule has 1 N–H and O–H groups in total. The molecular weight excluding hydrogens is 438 g/mol. The number of hydrogen-bond acceptors (Lipinski definition) is 7. The van der Waals surface area contributed by atoms with E-state index in [1.54, 1.807) is 25.6 Å². The molecule has 0 spiro atoms. The fourth-order valence-corrected chi connectivity index (χ4v) is 5.50. The van der Waals surface area contributed by atoms with Crippen molar-refractivity contribution in [1.29, 1.82) is 0 Å². The first-order valence-electron chi connectivity index (χ1n) is 11.1. The van der Waals surface area contributed by atoms with Gasteiger partial charge in [0.05, 0.1) is 26.4 Å². The van der Waals surface area contributed by atoms with Gasteiger partial charge in [0.2, 0.25) is 0 Å². The van der Waals surface area contributed by atoms with Crippen LogP contribution in [0.2, 0.25) is 0 Å². The zero-order chi connectivity index (χ0) is 23.5. The Bertz CT molecular complexity index is 1120. The summed E-state index contributed by atoms with van der Waals surface area (Å²) in [6, 6.07) is 9.64. The van der Waals surface area contributed by atoms with Crippen LogP contribution in [0.3, 0.4) is 0 Å². The lowest BCUT2D eigenvalue weighted by Gasteiger charge is -2.36. The summed E-state index contributed by atoms with van der Waals surface area (Å²) in [6.07, 6.45) is 1.86. The zero-order valence-corrected chi connectivity index (χ0v) is 20.2. The molecule has 1 aliphatic heterocycles. The van der Waals surface area contributed by atoms with Gasteiger partial charge in [0.25, 0.3) is 0 Å². The molecule has 2 aliphatic rings. The van der Waals surface area contributed by atoms with Crippen LogP contribution in [0.1, 0.15) is 55.4 Å². The third-order valence-corrected chi connectivity index (χ3v) is 7.21. The molecule has 0 fully saturated rings. The first-order chi connectivity index (χ1) is 16.0. The van der Waals surface area contributed by atoms with Crippen LogP contribution in [-0.2, 0) is 14.3 Å². The average Bonchev–Trinajstić information content (AvgIpc) is 3.36. The highest BCUT2D eigenvalue weighted by atomic mass is 32.1. The van der Waals surface area contributed by atoms with E-state index in [0.717, 1.165) is 24.1 Å². The van der Waals surface area contributed by atoms with Crippen LogP contribution < -0.4 is 14.8 Å². The lowest BCUT2D eigenvalue weighted by Crippen LogP contribution is -2.36. The Morgan fingerprint density at radius 2 is 1.94 bits per heavy atom. The van der Waals surface area contributed by atoms with Gasteiger partial charge in [-0.2, -0.15) is 0 Å². The predicted molar refractivity (Wildman–Crippen MR) is 128 cm³/mol. The molecule has 2 aromatic rings. The number of carbonyl (C=O) groups is 2. The minimum Gasteiger partial charge on any atom is -0.493 e. The van der Waals surface area contributed by atoms with Crippen molar-refractivity contribution in [2.75, 3.05) is 20.8 Å². The molecule has 0 amide bonds. The summed E-state index contributed by atoms with van der Waals surface area (Å²) in [5.74, 6) is 0.400. The number of benzene rings is 1. The maximum Gasteiger partial charge on any atom is 0.336 e. The topological polar surface area (TPSA) is 73.9 Å². The molecule has 4 rings (SSSR count). The monoisotopic (exact) mass is 467 g/mol. The smallest absolute Gasteiger partial charge is 0.336 e. The van der Waals surface area contributed by atoms with E-state index in [0.29, 0.717) is 41.4 Å². The summed E-state index contributed by atoms with van der Waals surface area (Å²) in [5, 5.41) is 5.42. The third-order valence-electron chi connectivity index (χ3n) is 6.17. The lowest BCUT2D eigenvalue weighted by molar-refractivity contribution is -0.139. The van der Waals surface area contributed by atoms with Crippen molar-refractivity contribution in [2.24, 2.45) is 0 Å². The number of methoxy groups -OCH3 is 2. The van der Waals surface area contributed by atoms with Crippen LogP contribution in [0.4, 0.5) is 0 Å². The van der Waals surface area contributed by atoms with E-state index < -0.39 is 11.9 Å². The van der Waals surface area contributed by atoms with E-state index in [1.807, 2.05) is 43.5 Å². The van der Waals surface area contributed by atoms with Crippen LogP contribution >= 0.6 is 11.3 Å². The Morgan fingerprint density at radius 3 is 2.61 bits per heavy atom. The molecule has 1 aromatic heterocycles. The van der Waals surface area contributed by atoms with Crippen molar-refractivity contribution < 1.29 is 23.8 Å². The minimum absolute atomic E-state index is 0.0511. The number of carbonyl (C=O) groups excluding carboxylic acids is 2. The van der Waals surface area contributed by atoms with E-state index in [-0.39, 0.29) is 11.7 Å². The number of dihydropyridines is 1. The van der Waals surface area contributed by atoms with Crippen molar-refractivity contribution in [3.63, 3.8) is 0 Å². The van der Waals surface area contributed by atoms with Crippen molar-refractivity contribution in [3.05, 3.63) is 68.7 Å². The zero-order valence-electron chi connectivity index (χ0n) is 19.4. The number of allylic oxidation sites excluding steroid dienone is 3. The fourth-order valence-electron chi connectivity index (χ4n) is 4.67. The highest BCUT2D eigenvalue weighted by molar-refractivity contribution is 7.10. The van der Waals surface area contributed by atoms with Crippen molar-refractivity contribution in [3.8, 4) is 11.5 Å². The number of hydrogen-bond donors (Lipinski definition) is 1. The van der Waals surface area contributed by atoms with Gasteiger partial charge in [-0.15, -0.1) is 11.3 Å². The summed E-state index contributed by atoms with van der Waals surface area (Å²) in [5.41, 5.74) is 3.51. The first kappa shape index (κ1) is 23.1. The second kappa shape index (κ2) is 9.83. The van der Waals surface area contributed by atoms with E-state index in [9.17, 15) is 9.59 Å². The lowest BCUT2D eigenvalue weighted by atomic mass is 9.72. The van der Waals surface area contributed by atoms with Crippen LogP contribution in [0, 0.1) is 0 Å². The number of ketones is 1. The van der Waals surface area contributed by atoms with Crippen molar-refractivity contribution in [1.82, 2.24) is 5.32 Å². The SMILES string of the molecule is CCCOC(=O)C1=C(C)NC2=C(C(=O)C[C@H](c3cccs3)C2)[C@H]1c1ccc(OC)c(OC)c1. The predicted octanol–water partition coefficient (Wildman–Crippen LogP) is 5.08. The van der Waals surface area contributed by atoms with Crippen LogP contribution in [0.5, 0.6) is 11.5 Å². The van der Waals surface area contributed by atoms with Gasteiger partial charge in [0.15, 0.2) is 17.3 Å². The molecule has 0 radical (unpaired) electrons. The maximum atomic E-state index is 13.6. The number of nitrogens with one attached hydrogen (secondary N) is 1. The number of thiophene rings is 1. The molecule has 2 atom stereocenters. The second-order valence-corrected chi connectivity index (χ2v) is 9.26. The van der Waals surface area contributed by atoms with Crippen LogP contribution in [0.15, 0.2) is 58.3 Å². The molecule has 2 heterocycles. The highest BCUT2D eigenvalue weighted by Crippen LogP contribution is 2.47. The molecule has 0 bridgehead atoms. The third kappa shape index (κ3) is 4.42. The largest absolute Gasteiger partial charge is 0.493 e. The first-order valence-corrected chi connectivity index (χ1v) is 12.0. The second-order valence-electron chi connectivity index (χ2n) is 8.28. The standard InChI is InChI=1S/C26H29NO5S/c1-5-10-32-26(29)23-15(2)27-18-12-17(22-7-6-11-33-22)13-19(28)25(18)24(23)16-8-9-20(30-3)21(14-16)31-4/h6-9,11,14,17,24,27H,5,10,12-13H2,1-4H3/t17-,24+/m1/s1. The molecule has 33 heavy (non-hydrogen) atoms. The van der Waals surface area contributed by atoms with Gasteiger partial charge in [0, 0.05) is 40.1 Å². The van der Waals surface area contributed by atoms with E-state index in [2.05, 4.69) is 11.4 Å². The average molecular weight is 468 g/mol. The Hall–Kier alpha value is -3.06. The van der Waals surface area contributed by atoms with Gasteiger partial charge < -0.3 is 19.5 Å². The Labute approximate surface area is 198 Å². The number of ether oxygens (including phenoxy) is 3. The summed E-state index contributed by atoms with van der Waals surface area (Å²) in [6.45, 7) is 4.16. The molecule has 1 aliphatic carbocycles. The summed E-state index contributed by atoms with van der Waals surface area (Å²) in [4.78, 5) is 27.9. The van der Waals surface area contributed by atoms with Gasteiger partial charge in [0.1, 0.15) is 0 Å². The molecule has 6 nitrogen and oxygen atoms in total. The molecular formula is C26H29NO5S. The van der Waals surface area contributed by atoms with Crippen LogP contribution in [-0.4, -0.2) is 32.6 Å². The summed E-state index contributed by atoms with van der Waals surface area (Å²) in [7, 11) is 3.15. The van der Waals surface area contributed by atoms with Gasteiger partial charge in [-0.1, -0.05) is 19.1 Å². The quantitative estimate of drug-likeness (QED) is 0.573. The van der Waals surface area contributed by atoms with E-state index in [1.165, 1.54) is 4.88 Å². The molecule has 7 heteroatoms. The number of rotatable bonds is 7.